The Hall–Kier alpha value is -2.25. The molecule has 21 heavy (non-hydrogen) atoms. The van der Waals surface area contributed by atoms with Gasteiger partial charge in [0, 0.05) is 17.7 Å². The van der Waals surface area contributed by atoms with Crippen molar-refractivity contribution in [2.45, 2.75) is 4.90 Å². The lowest BCUT2D eigenvalue weighted by Crippen LogP contribution is -2.02. The minimum atomic E-state index is -3.95. The third kappa shape index (κ3) is 3.65. The molecule has 0 bridgehead atoms. The number of sulfonamides is 1. The third-order valence-corrected chi connectivity index (χ3v) is 4.23. The van der Waals surface area contributed by atoms with Crippen molar-refractivity contribution in [3.8, 4) is 0 Å². The highest BCUT2D eigenvalue weighted by Crippen LogP contribution is 2.18. The van der Waals surface area contributed by atoms with E-state index in [0.717, 1.165) is 6.07 Å². The van der Waals surface area contributed by atoms with Gasteiger partial charge in [-0.3, -0.25) is 10.1 Å². The maximum absolute atomic E-state index is 12.0. The fourth-order valence-electron chi connectivity index (χ4n) is 1.55. The molecule has 2 aromatic rings. The van der Waals surface area contributed by atoms with Crippen molar-refractivity contribution >= 4 is 32.5 Å². The molecule has 0 aliphatic rings. The number of non-ortho nitro benzene ring substituents is 1. The molecule has 0 radical (unpaired) electrons. The molecule has 0 amide bonds. The lowest BCUT2D eigenvalue weighted by Gasteiger charge is -2.01. The molecule has 0 fully saturated rings. The zero-order chi connectivity index (χ0) is 15.5. The van der Waals surface area contributed by atoms with E-state index in [-0.39, 0.29) is 21.3 Å². The van der Waals surface area contributed by atoms with Gasteiger partial charge in [-0.05, 0) is 12.1 Å². The monoisotopic (exact) mass is 324 g/mol. The van der Waals surface area contributed by atoms with E-state index in [1.165, 1.54) is 30.3 Å². The number of hydrogen-bond acceptors (Lipinski definition) is 4. The van der Waals surface area contributed by atoms with Crippen LogP contribution in [0, 0.1) is 10.1 Å². The number of nitro groups is 1. The number of nitro benzene ring substituents is 1. The van der Waals surface area contributed by atoms with Crippen LogP contribution in [-0.4, -0.2) is 18.5 Å². The second-order valence-corrected chi connectivity index (χ2v) is 5.94. The Bertz CT molecular complexity index is 804. The van der Waals surface area contributed by atoms with Gasteiger partial charge < -0.3 is 0 Å². The maximum Gasteiger partial charge on any atom is 0.283 e. The molecule has 0 spiro atoms. The van der Waals surface area contributed by atoms with Crippen LogP contribution in [-0.2, 0) is 10.0 Å². The van der Waals surface area contributed by atoms with E-state index in [2.05, 4.69) is 4.40 Å². The molecule has 0 heterocycles. The molecule has 0 N–H and O–H groups in total. The Morgan fingerprint density at radius 1 is 1.10 bits per heavy atom. The van der Waals surface area contributed by atoms with Gasteiger partial charge in [0.15, 0.2) is 0 Å². The summed E-state index contributed by atoms with van der Waals surface area (Å²) in [5.74, 6) is 0. The molecule has 0 atom stereocenters. The first kappa shape index (κ1) is 15.1. The van der Waals surface area contributed by atoms with Crippen LogP contribution in [0.4, 0.5) is 5.69 Å². The Morgan fingerprint density at radius 3 is 2.38 bits per heavy atom. The van der Waals surface area contributed by atoms with Crippen molar-refractivity contribution < 1.29 is 13.3 Å². The first-order chi connectivity index (χ1) is 9.90. The minimum Gasteiger partial charge on any atom is -0.258 e. The summed E-state index contributed by atoms with van der Waals surface area (Å²) in [6.45, 7) is 0. The molecule has 0 aromatic heterocycles. The van der Waals surface area contributed by atoms with Crippen LogP contribution in [0.5, 0.6) is 0 Å². The zero-order valence-corrected chi connectivity index (χ0v) is 12.1. The van der Waals surface area contributed by atoms with Crippen LogP contribution in [0.1, 0.15) is 5.56 Å². The molecule has 0 aliphatic carbocycles. The van der Waals surface area contributed by atoms with Crippen molar-refractivity contribution in [1.82, 2.24) is 0 Å². The van der Waals surface area contributed by atoms with Crippen LogP contribution < -0.4 is 0 Å². The van der Waals surface area contributed by atoms with E-state index < -0.39 is 14.9 Å². The van der Waals surface area contributed by atoms with Crippen molar-refractivity contribution in [2.24, 2.45) is 4.40 Å². The van der Waals surface area contributed by atoms with Gasteiger partial charge >= 0.3 is 0 Å². The van der Waals surface area contributed by atoms with Crippen LogP contribution in [0.2, 0.25) is 0 Å². The normalized spacial score (nSPS) is 12.1. The van der Waals surface area contributed by atoms with E-state index in [9.17, 15) is 18.5 Å². The molecule has 0 unspecified atom stereocenters. The van der Waals surface area contributed by atoms with Gasteiger partial charge in [-0.1, -0.05) is 41.9 Å². The second-order valence-electron chi connectivity index (χ2n) is 3.98. The second kappa shape index (κ2) is 6.02. The van der Waals surface area contributed by atoms with Crippen molar-refractivity contribution in [3.05, 3.63) is 70.3 Å². The summed E-state index contributed by atoms with van der Waals surface area (Å²) >= 11 is 5.87. The fourth-order valence-corrected chi connectivity index (χ4v) is 2.86. The van der Waals surface area contributed by atoms with E-state index in [1.54, 1.807) is 18.2 Å². The Kier molecular flexibility index (Phi) is 4.35. The van der Waals surface area contributed by atoms with Crippen LogP contribution in [0.25, 0.3) is 0 Å². The average Bonchev–Trinajstić information content (AvgIpc) is 2.48. The van der Waals surface area contributed by atoms with Crippen LogP contribution in [0.15, 0.2) is 63.9 Å². The van der Waals surface area contributed by atoms with E-state index in [1.807, 2.05) is 0 Å². The Balaban J connectivity index is 2.42. The summed E-state index contributed by atoms with van der Waals surface area (Å²) in [5.41, 5.74) is -0.0386. The molecular formula is C13H9ClN2O4S. The average molecular weight is 325 g/mol. The lowest BCUT2D eigenvalue weighted by atomic mass is 10.2. The Morgan fingerprint density at radius 2 is 1.76 bits per heavy atom. The summed E-state index contributed by atoms with van der Waals surface area (Å²) in [6, 6.07) is 12.8. The standard InChI is InChI=1S/C13H9ClN2O4S/c14-13(10-5-4-6-11(9-10)16(17)18)15-21(19,20)12-7-2-1-3-8-12/h1-9H/b15-13+. The summed E-state index contributed by atoms with van der Waals surface area (Å²) in [6.07, 6.45) is 0. The number of hydrogen-bond donors (Lipinski definition) is 0. The highest BCUT2D eigenvalue weighted by Gasteiger charge is 2.15. The van der Waals surface area contributed by atoms with Crippen LogP contribution >= 0.6 is 11.6 Å². The molecule has 0 saturated carbocycles. The van der Waals surface area contributed by atoms with Crippen LogP contribution in [0.3, 0.4) is 0 Å². The smallest absolute Gasteiger partial charge is 0.258 e. The van der Waals surface area contributed by atoms with E-state index >= 15 is 0 Å². The van der Waals surface area contributed by atoms with Gasteiger partial charge in [0.1, 0.15) is 5.17 Å². The summed E-state index contributed by atoms with van der Waals surface area (Å²) in [4.78, 5) is 10.1. The molecule has 108 valence electrons. The summed E-state index contributed by atoms with van der Waals surface area (Å²) < 4.78 is 27.5. The van der Waals surface area contributed by atoms with E-state index in [4.69, 9.17) is 11.6 Å². The van der Waals surface area contributed by atoms with Crippen molar-refractivity contribution in [2.75, 3.05) is 0 Å². The first-order valence-corrected chi connectivity index (χ1v) is 7.52. The molecule has 0 aliphatic heterocycles. The van der Waals surface area contributed by atoms with Gasteiger partial charge in [-0.2, -0.15) is 8.42 Å². The molecule has 2 rings (SSSR count). The lowest BCUT2D eigenvalue weighted by molar-refractivity contribution is -0.384. The topological polar surface area (TPSA) is 89.6 Å². The minimum absolute atomic E-state index is 0.00594. The highest BCUT2D eigenvalue weighted by molar-refractivity contribution is 7.90. The third-order valence-electron chi connectivity index (χ3n) is 2.54. The summed E-state index contributed by atoms with van der Waals surface area (Å²) in [7, 11) is -3.95. The SMILES string of the molecule is O=[N+]([O-])c1cccc(/C(Cl)=N\S(=O)(=O)c2ccccc2)c1. The quantitative estimate of drug-likeness (QED) is 0.491. The number of nitrogens with zero attached hydrogens (tertiary/aromatic N) is 2. The highest BCUT2D eigenvalue weighted by atomic mass is 35.5. The predicted molar refractivity (Wildman–Crippen MR) is 79.1 cm³/mol. The van der Waals surface area contributed by atoms with Gasteiger partial charge in [-0.25, -0.2) is 0 Å². The van der Waals surface area contributed by atoms with Gasteiger partial charge in [0.2, 0.25) is 0 Å². The van der Waals surface area contributed by atoms with E-state index in [0.29, 0.717) is 0 Å². The number of halogens is 1. The molecule has 6 nitrogen and oxygen atoms in total. The fraction of sp³-hybridized carbons (Fsp3) is 0. The first-order valence-electron chi connectivity index (χ1n) is 5.70. The molecule has 8 heteroatoms. The number of benzene rings is 2. The predicted octanol–water partition coefficient (Wildman–Crippen LogP) is 2.97. The molecular weight excluding hydrogens is 316 g/mol. The van der Waals surface area contributed by atoms with Gasteiger partial charge in [-0.15, -0.1) is 4.40 Å². The molecule has 0 saturated heterocycles. The van der Waals surface area contributed by atoms with Crippen molar-refractivity contribution in [1.29, 1.82) is 0 Å². The maximum atomic E-state index is 12.0. The number of rotatable bonds is 4. The molecule has 2 aromatic carbocycles. The zero-order valence-electron chi connectivity index (χ0n) is 10.5. The van der Waals surface area contributed by atoms with Crippen molar-refractivity contribution in [3.63, 3.8) is 0 Å². The van der Waals surface area contributed by atoms with Gasteiger partial charge in [0.25, 0.3) is 15.7 Å². The largest absolute Gasteiger partial charge is 0.283 e. The van der Waals surface area contributed by atoms with Gasteiger partial charge in [0.05, 0.1) is 9.82 Å². The summed E-state index contributed by atoms with van der Waals surface area (Å²) in [5, 5.41) is 10.4. The Labute approximate surface area is 125 Å².